The minimum Gasteiger partial charge on any atom is -0.508 e. The van der Waals surface area contributed by atoms with Crippen molar-refractivity contribution in [3.05, 3.63) is 76.3 Å². The molecule has 0 aromatic heterocycles. The van der Waals surface area contributed by atoms with Gasteiger partial charge in [0, 0.05) is 30.8 Å². The van der Waals surface area contributed by atoms with Crippen molar-refractivity contribution in [2.24, 2.45) is 0 Å². The van der Waals surface area contributed by atoms with Crippen LogP contribution in [-0.2, 0) is 33.7 Å². The maximum Gasteiger partial charge on any atom is 0.306 e. The predicted molar refractivity (Wildman–Crippen MR) is 141 cm³/mol. The number of phenolic OH excluding ortho intramolecular Hbond substituents is 1. The van der Waals surface area contributed by atoms with E-state index in [9.17, 15) is 9.90 Å². The summed E-state index contributed by atoms with van der Waals surface area (Å²) in [7, 11) is 1.40. The summed E-state index contributed by atoms with van der Waals surface area (Å²) in [6, 6.07) is 16.0. The molecule has 2 aliphatic heterocycles. The molecule has 0 radical (unpaired) electrons. The lowest BCUT2D eigenvalue weighted by molar-refractivity contribution is -0.141. The molecule has 1 fully saturated rings. The average Bonchev–Trinajstić information content (AvgIpc) is 3.58. The fourth-order valence-electron chi connectivity index (χ4n) is 5.23. The Balaban J connectivity index is 0.000000503. The van der Waals surface area contributed by atoms with Crippen molar-refractivity contribution in [3.8, 4) is 28.4 Å². The van der Waals surface area contributed by atoms with Crippen LogP contribution in [0.4, 0.5) is 0 Å². The molecule has 37 heavy (non-hydrogen) atoms. The summed E-state index contributed by atoms with van der Waals surface area (Å²) in [5, 5.41) is 10.2. The van der Waals surface area contributed by atoms with E-state index >= 15 is 0 Å². The van der Waals surface area contributed by atoms with Crippen LogP contribution >= 0.6 is 0 Å². The molecule has 2 heterocycles. The smallest absolute Gasteiger partial charge is 0.306 e. The number of hydrogen-bond acceptors (Lipinski definition) is 6. The third-order valence-corrected chi connectivity index (χ3v) is 7.30. The fourth-order valence-corrected chi connectivity index (χ4v) is 5.23. The van der Waals surface area contributed by atoms with Gasteiger partial charge < -0.3 is 24.1 Å². The summed E-state index contributed by atoms with van der Waals surface area (Å²) in [4.78, 5) is 11.6. The average molecular weight is 503 g/mol. The first kappa shape index (κ1) is 25.2. The van der Waals surface area contributed by atoms with Crippen molar-refractivity contribution in [2.75, 3.05) is 26.9 Å². The number of aromatic hydroxyl groups is 1. The van der Waals surface area contributed by atoms with Gasteiger partial charge >= 0.3 is 5.97 Å². The zero-order chi connectivity index (χ0) is 25.8. The SMILES string of the molecule is C1CCOC1.COC(=O)CC1COc2cc(OCc3cccc(-c4c(C)cc(O)c5c4CC5)c3)ccc21. The number of carbonyl (C=O) groups is 1. The number of carbonyl (C=O) groups excluding carboxylic acids is 1. The van der Waals surface area contributed by atoms with Crippen LogP contribution < -0.4 is 9.47 Å². The maximum atomic E-state index is 11.6. The van der Waals surface area contributed by atoms with E-state index in [0.717, 1.165) is 65.4 Å². The van der Waals surface area contributed by atoms with Gasteiger partial charge in [-0.2, -0.15) is 0 Å². The van der Waals surface area contributed by atoms with Crippen molar-refractivity contribution >= 4 is 5.97 Å². The van der Waals surface area contributed by atoms with Gasteiger partial charge in [-0.1, -0.05) is 24.3 Å². The van der Waals surface area contributed by atoms with Crippen molar-refractivity contribution in [1.82, 2.24) is 0 Å². The first-order valence-electron chi connectivity index (χ1n) is 13.0. The Morgan fingerprint density at radius 1 is 1.05 bits per heavy atom. The predicted octanol–water partition coefficient (Wildman–Crippen LogP) is 5.88. The zero-order valence-corrected chi connectivity index (χ0v) is 21.5. The number of methoxy groups -OCH3 is 1. The summed E-state index contributed by atoms with van der Waals surface area (Å²) in [6.45, 7) is 4.97. The fraction of sp³-hybridized carbons (Fsp3) is 0.387. The highest BCUT2D eigenvalue weighted by atomic mass is 16.5. The van der Waals surface area contributed by atoms with Crippen LogP contribution in [0.3, 0.4) is 0 Å². The highest BCUT2D eigenvalue weighted by Crippen LogP contribution is 2.42. The van der Waals surface area contributed by atoms with Gasteiger partial charge in [-0.25, -0.2) is 0 Å². The Morgan fingerprint density at radius 2 is 1.86 bits per heavy atom. The second kappa shape index (κ2) is 11.3. The number of aryl methyl sites for hydroxylation is 1. The first-order valence-corrected chi connectivity index (χ1v) is 13.0. The van der Waals surface area contributed by atoms with Crippen molar-refractivity contribution in [1.29, 1.82) is 0 Å². The number of ether oxygens (including phenoxy) is 4. The van der Waals surface area contributed by atoms with Gasteiger partial charge in [-0.15, -0.1) is 0 Å². The summed E-state index contributed by atoms with van der Waals surface area (Å²) in [5.74, 6) is 1.71. The molecule has 1 atom stereocenters. The normalized spacial score (nSPS) is 17.0. The molecule has 3 aliphatic rings. The van der Waals surface area contributed by atoms with Gasteiger partial charge in [0.1, 0.15) is 23.9 Å². The van der Waals surface area contributed by atoms with Crippen LogP contribution in [0.15, 0.2) is 48.5 Å². The molecule has 6 nitrogen and oxygen atoms in total. The lowest BCUT2D eigenvalue weighted by Crippen LogP contribution is -2.11. The molecule has 1 N–H and O–H groups in total. The van der Waals surface area contributed by atoms with Crippen LogP contribution in [0.25, 0.3) is 11.1 Å². The molecular formula is C31H34O6. The van der Waals surface area contributed by atoms with E-state index in [1.807, 2.05) is 24.3 Å². The highest BCUT2D eigenvalue weighted by molar-refractivity contribution is 5.76. The number of benzene rings is 3. The molecule has 0 saturated carbocycles. The molecule has 194 valence electrons. The molecule has 3 aromatic rings. The lowest BCUT2D eigenvalue weighted by Gasteiger charge is -2.26. The summed E-state index contributed by atoms with van der Waals surface area (Å²) < 4.78 is 21.5. The number of hydrogen-bond donors (Lipinski definition) is 1. The third-order valence-electron chi connectivity index (χ3n) is 7.30. The Bertz CT molecular complexity index is 1270. The highest BCUT2D eigenvalue weighted by Gasteiger charge is 2.27. The molecule has 6 heteroatoms. The van der Waals surface area contributed by atoms with Crippen LogP contribution in [0.1, 0.15) is 53.0 Å². The molecule has 1 unspecified atom stereocenters. The molecule has 6 rings (SSSR count). The van der Waals surface area contributed by atoms with E-state index in [4.69, 9.17) is 18.9 Å². The molecule has 3 aromatic carbocycles. The number of fused-ring (bicyclic) bond motifs is 2. The van der Waals surface area contributed by atoms with E-state index in [0.29, 0.717) is 25.4 Å². The second-order valence-electron chi connectivity index (χ2n) is 9.84. The summed E-state index contributed by atoms with van der Waals surface area (Å²) >= 11 is 0. The Morgan fingerprint density at radius 3 is 2.57 bits per heavy atom. The van der Waals surface area contributed by atoms with E-state index in [2.05, 4.69) is 31.2 Å². The van der Waals surface area contributed by atoms with Gasteiger partial charge in [0.05, 0.1) is 20.1 Å². The van der Waals surface area contributed by atoms with Gasteiger partial charge in [0.15, 0.2) is 0 Å². The second-order valence-corrected chi connectivity index (χ2v) is 9.84. The van der Waals surface area contributed by atoms with Gasteiger partial charge in [0.2, 0.25) is 0 Å². The van der Waals surface area contributed by atoms with Crippen LogP contribution in [0, 0.1) is 6.92 Å². The largest absolute Gasteiger partial charge is 0.508 e. The van der Waals surface area contributed by atoms with Crippen molar-refractivity contribution in [2.45, 2.75) is 51.6 Å². The monoisotopic (exact) mass is 502 g/mol. The van der Waals surface area contributed by atoms with Crippen LogP contribution in [-0.4, -0.2) is 38.0 Å². The number of esters is 1. The van der Waals surface area contributed by atoms with E-state index < -0.39 is 0 Å². The Labute approximate surface area is 218 Å². The minimum absolute atomic E-state index is 0.0226. The topological polar surface area (TPSA) is 74.2 Å². The molecule has 0 spiro atoms. The van der Waals surface area contributed by atoms with Crippen molar-refractivity contribution in [3.63, 3.8) is 0 Å². The molecule has 0 amide bonds. The number of phenols is 1. The minimum atomic E-state index is -0.231. The maximum absolute atomic E-state index is 11.6. The van der Waals surface area contributed by atoms with Gasteiger partial charge in [-0.3, -0.25) is 4.79 Å². The quantitative estimate of drug-likeness (QED) is 0.424. The van der Waals surface area contributed by atoms with Crippen LogP contribution in [0.5, 0.6) is 17.2 Å². The van der Waals surface area contributed by atoms with E-state index in [1.165, 1.54) is 31.1 Å². The van der Waals surface area contributed by atoms with Crippen LogP contribution in [0.2, 0.25) is 0 Å². The molecule has 1 saturated heterocycles. The number of rotatable bonds is 6. The summed E-state index contributed by atoms with van der Waals surface area (Å²) in [5.41, 5.74) is 7.92. The standard InChI is InChI=1S/C27H26O5.C4H8O/c1-16-10-24(28)22-8-9-23(22)27(16)18-5-3-4-17(11-18)14-31-20-6-7-21-19(12-26(29)30-2)15-32-25(21)13-20;1-2-4-5-3-1/h3-7,10-11,13,19,28H,8-9,12,14-15H2,1-2H3;1-4H2. The third kappa shape index (κ3) is 5.59. The Hall–Kier alpha value is -3.51. The van der Waals surface area contributed by atoms with E-state index in [-0.39, 0.29) is 11.9 Å². The Kier molecular flexibility index (Phi) is 7.65. The summed E-state index contributed by atoms with van der Waals surface area (Å²) in [6.07, 6.45) is 4.82. The van der Waals surface area contributed by atoms with Crippen molar-refractivity contribution < 1.29 is 28.8 Å². The molecule has 0 bridgehead atoms. The van der Waals surface area contributed by atoms with E-state index in [1.54, 1.807) is 0 Å². The van der Waals surface area contributed by atoms with Gasteiger partial charge in [0.25, 0.3) is 0 Å². The molecular weight excluding hydrogens is 468 g/mol. The lowest BCUT2D eigenvalue weighted by atomic mass is 9.79. The zero-order valence-electron chi connectivity index (χ0n) is 21.5. The first-order chi connectivity index (χ1) is 18.0. The molecule has 1 aliphatic carbocycles. The van der Waals surface area contributed by atoms with Gasteiger partial charge in [-0.05, 0) is 84.2 Å².